The van der Waals surface area contributed by atoms with Crippen molar-refractivity contribution in [3.8, 4) is 11.9 Å². The van der Waals surface area contributed by atoms with Gasteiger partial charge in [-0.1, -0.05) is 0 Å². The monoisotopic (exact) mass is 223 g/mol. The number of nitrogens with two attached hydrogens (primary N) is 1. The van der Waals surface area contributed by atoms with E-state index in [4.69, 9.17) is 20.5 Å². The second kappa shape index (κ2) is 6.03. The van der Waals surface area contributed by atoms with E-state index < -0.39 is 0 Å². The zero-order chi connectivity index (χ0) is 12.0. The number of anilines is 1. The molecule has 1 aromatic rings. The summed E-state index contributed by atoms with van der Waals surface area (Å²) < 4.78 is 12.4. The summed E-state index contributed by atoms with van der Waals surface area (Å²) in [5.41, 5.74) is 6.77. The summed E-state index contributed by atoms with van der Waals surface area (Å²) in [5.74, 6) is 0.554. The highest BCUT2D eigenvalue weighted by atomic mass is 16.5. The lowest BCUT2D eigenvalue weighted by Gasteiger charge is -2.11. The number of rotatable bonds is 6. The molecule has 1 aromatic heterocycles. The van der Waals surface area contributed by atoms with Gasteiger partial charge in [-0.3, -0.25) is 4.57 Å². The van der Waals surface area contributed by atoms with Gasteiger partial charge in [0, 0.05) is 12.7 Å². The minimum absolute atomic E-state index is 0.495. The fourth-order valence-corrected chi connectivity index (χ4v) is 1.46. The van der Waals surface area contributed by atoms with Crippen LogP contribution in [0.2, 0.25) is 0 Å². The molecule has 0 aliphatic carbocycles. The van der Waals surface area contributed by atoms with Gasteiger partial charge >= 0.3 is 0 Å². The number of ether oxygens (including phenoxy) is 2. The van der Waals surface area contributed by atoms with Crippen LogP contribution in [0.5, 0.6) is 5.88 Å². The summed E-state index contributed by atoms with van der Waals surface area (Å²) in [6.45, 7) is 6.10. The van der Waals surface area contributed by atoms with Gasteiger partial charge in [-0.15, -0.1) is 0 Å². The summed E-state index contributed by atoms with van der Waals surface area (Å²) in [5, 5.41) is 8.96. The fraction of sp³-hybridized carbons (Fsp3) is 0.545. The van der Waals surface area contributed by atoms with Gasteiger partial charge < -0.3 is 15.2 Å². The number of nitrogen functional groups attached to an aromatic ring is 1. The van der Waals surface area contributed by atoms with Crippen LogP contribution in [0, 0.1) is 11.3 Å². The Morgan fingerprint density at radius 2 is 2.19 bits per heavy atom. The molecule has 2 N–H and O–H groups in total. The maximum atomic E-state index is 8.96. The van der Waals surface area contributed by atoms with Crippen molar-refractivity contribution in [2.24, 2.45) is 0 Å². The minimum atomic E-state index is 0.495. The van der Waals surface area contributed by atoms with E-state index in [-0.39, 0.29) is 0 Å². The van der Waals surface area contributed by atoms with Crippen molar-refractivity contribution in [3.63, 3.8) is 0 Å². The van der Waals surface area contributed by atoms with Gasteiger partial charge in [-0.05, 0) is 13.8 Å². The SMILES string of the molecule is CCOCCn1c(C#N)cc(N)c1OCC. The van der Waals surface area contributed by atoms with E-state index in [9.17, 15) is 0 Å². The molecular weight excluding hydrogens is 206 g/mol. The Bertz CT molecular complexity index is 379. The van der Waals surface area contributed by atoms with E-state index in [1.807, 2.05) is 13.8 Å². The molecule has 0 bridgehead atoms. The summed E-state index contributed by atoms with van der Waals surface area (Å²) >= 11 is 0. The molecule has 1 heterocycles. The van der Waals surface area contributed by atoms with Gasteiger partial charge in [-0.2, -0.15) is 5.26 Å². The van der Waals surface area contributed by atoms with Gasteiger partial charge in [0.25, 0.3) is 0 Å². The predicted molar refractivity (Wildman–Crippen MR) is 61.2 cm³/mol. The molecule has 0 saturated carbocycles. The molecule has 16 heavy (non-hydrogen) atoms. The zero-order valence-electron chi connectivity index (χ0n) is 9.69. The fourth-order valence-electron chi connectivity index (χ4n) is 1.46. The molecule has 5 nitrogen and oxygen atoms in total. The van der Waals surface area contributed by atoms with E-state index in [1.165, 1.54) is 0 Å². The van der Waals surface area contributed by atoms with Gasteiger partial charge in [0.1, 0.15) is 11.8 Å². The summed E-state index contributed by atoms with van der Waals surface area (Å²) in [6, 6.07) is 3.71. The van der Waals surface area contributed by atoms with E-state index >= 15 is 0 Å². The molecule has 0 amide bonds. The van der Waals surface area contributed by atoms with E-state index in [0.717, 1.165) is 0 Å². The van der Waals surface area contributed by atoms with Crippen molar-refractivity contribution in [3.05, 3.63) is 11.8 Å². The van der Waals surface area contributed by atoms with Crippen LogP contribution in [0.3, 0.4) is 0 Å². The minimum Gasteiger partial charge on any atom is -0.478 e. The van der Waals surface area contributed by atoms with Gasteiger partial charge in [0.2, 0.25) is 5.88 Å². The normalized spacial score (nSPS) is 10.1. The average Bonchev–Trinajstić information content (AvgIpc) is 2.58. The first-order valence-corrected chi connectivity index (χ1v) is 5.34. The first-order chi connectivity index (χ1) is 7.74. The van der Waals surface area contributed by atoms with Crippen LogP contribution < -0.4 is 10.5 Å². The highest BCUT2D eigenvalue weighted by Crippen LogP contribution is 2.26. The number of hydrogen-bond donors (Lipinski definition) is 1. The van der Waals surface area contributed by atoms with Gasteiger partial charge in [0.15, 0.2) is 0 Å². The van der Waals surface area contributed by atoms with Crippen LogP contribution in [-0.2, 0) is 11.3 Å². The predicted octanol–water partition coefficient (Wildman–Crippen LogP) is 1.38. The first kappa shape index (κ1) is 12.4. The Hall–Kier alpha value is -1.67. The van der Waals surface area contributed by atoms with Crippen molar-refractivity contribution in [2.75, 3.05) is 25.6 Å². The van der Waals surface area contributed by atoms with Gasteiger partial charge in [-0.25, -0.2) is 0 Å². The molecule has 0 radical (unpaired) electrons. The third-order valence-corrected chi connectivity index (χ3v) is 2.13. The smallest absolute Gasteiger partial charge is 0.218 e. The third kappa shape index (κ3) is 2.67. The second-order valence-electron chi connectivity index (χ2n) is 3.18. The largest absolute Gasteiger partial charge is 0.478 e. The maximum Gasteiger partial charge on any atom is 0.218 e. The van der Waals surface area contributed by atoms with E-state index in [2.05, 4.69) is 6.07 Å². The molecule has 0 aliphatic rings. The average molecular weight is 223 g/mol. The molecule has 0 unspecified atom stereocenters. The molecule has 0 fully saturated rings. The molecule has 0 spiro atoms. The summed E-state index contributed by atoms with van der Waals surface area (Å²) in [6.07, 6.45) is 0. The quantitative estimate of drug-likeness (QED) is 0.739. The van der Waals surface area contributed by atoms with Crippen molar-refractivity contribution >= 4 is 5.69 Å². The highest BCUT2D eigenvalue weighted by Gasteiger charge is 2.13. The molecular formula is C11H17N3O2. The second-order valence-corrected chi connectivity index (χ2v) is 3.18. The number of hydrogen-bond acceptors (Lipinski definition) is 4. The number of aromatic nitrogens is 1. The molecule has 0 aromatic carbocycles. The van der Waals surface area contributed by atoms with Crippen LogP contribution in [0.1, 0.15) is 19.5 Å². The van der Waals surface area contributed by atoms with Crippen molar-refractivity contribution in [1.82, 2.24) is 4.57 Å². The third-order valence-electron chi connectivity index (χ3n) is 2.13. The van der Waals surface area contributed by atoms with Crippen LogP contribution in [0.25, 0.3) is 0 Å². The van der Waals surface area contributed by atoms with Crippen molar-refractivity contribution in [1.29, 1.82) is 5.26 Å². The first-order valence-electron chi connectivity index (χ1n) is 5.34. The standard InChI is InChI=1S/C11H17N3O2/c1-3-15-6-5-14-9(8-12)7-10(13)11(14)16-4-2/h7H,3-6,13H2,1-2H3. The molecule has 88 valence electrons. The lowest BCUT2D eigenvalue weighted by atomic mass is 10.4. The Morgan fingerprint density at radius 1 is 1.44 bits per heavy atom. The Balaban J connectivity index is 2.88. The van der Waals surface area contributed by atoms with Crippen LogP contribution >= 0.6 is 0 Å². The van der Waals surface area contributed by atoms with Crippen LogP contribution in [0.4, 0.5) is 5.69 Å². The van der Waals surface area contributed by atoms with Crippen LogP contribution in [-0.4, -0.2) is 24.4 Å². The van der Waals surface area contributed by atoms with E-state index in [1.54, 1.807) is 10.6 Å². The molecule has 5 heteroatoms. The molecule has 1 rings (SSSR count). The Morgan fingerprint density at radius 3 is 2.75 bits per heavy atom. The number of nitriles is 1. The van der Waals surface area contributed by atoms with Crippen molar-refractivity contribution in [2.45, 2.75) is 20.4 Å². The topological polar surface area (TPSA) is 73.2 Å². The Kier molecular flexibility index (Phi) is 4.67. The lowest BCUT2D eigenvalue weighted by molar-refractivity contribution is 0.136. The molecule has 0 aliphatic heterocycles. The zero-order valence-corrected chi connectivity index (χ0v) is 9.69. The maximum absolute atomic E-state index is 8.96. The highest BCUT2D eigenvalue weighted by molar-refractivity contribution is 5.55. The van der Waals surface area contributed by atoms with E-state index in [0.29, 0.717) is 43.6 Å². The summed E-state index contributed by atoms with van der Waals surface area (Å²) in [7, 11) is 0. The van der Waals surface area contributed by atoms with Crippen molar-refractivity contribution < 1.29 is 9.47 Å². The Labute approximate surface area is 95.4 Å². The number of nitrogens with zero attached hydrogens (tertiary/aromatic N) is 2. The van der Waals surface area contributed by atoms with Crippen LogP contribution in [0.15, 0.2) is 6.07 Å². The summed E-state index contributed by atoms with van der Waals surface area (Å²) in [4.78, 5) is 0. The lowest BCUT2D eigenvalue weighted by Crippen LogP contribution is -2.10. The molecule has 0 saturated heterocycles. The molecule has 0 atom stereocenters. The van der Waals surface area contributed by atoms with Gasteiger partial charge in [0.05, 0.1) is 25.4 Å².